The topological polar surface area (TPSA) is 63.2 Å². The molecule has 0 saturated carbocycles. The number of carbonyl (C=O) groups excluding carboxylic acids is 1. The summed E-state index contributed by atoms with van der Waals surface area (Å²) in [4.78, 5) is 10.9. The summed E-state index contributed by atoms with van der Waals surface area (Å²) in [5, 5.41) is 0. The molecule has 0 aromatic rings. The molecule has 0 N–H and O–H groups in total. The van der Waals surface area contributed by atoms with E-state index in [1.165, 1.54) is 0 Å². The molecule has 2 fully saturated rings. The van der Waals surface area contributed by atoms with Gasteiger partial charge in [0, 0.05) is 6.08 Å². The second-order valence-corrected chi connectivity index (χ2v) is 3.48. The van der Waals surface area contributed by atoms with Gasteiger partial charge in [-0.3, -0.25) is 0 Å². The number of hydrogen-bond donors (Lipinski definition) is 0. The average molecular weight is 230 g/mol. The molecule has 0 spiro atoms. The second-order valence-electron chi connectivity index (χ2n) is 3.48. The van der Waals surface area contributed by atoms with E-state index in [1.54, 1.807) is 0 Å². The molecule has 0 aromatic carbocycles. The molecule has 2 rings (SSSR count). The van der Waals surface area contributed by atoms with Gasteiger partial charge in [0.1, 0.15) is 38.5 Å². The largest absolute Gasteiger partial charge is 0.460 e. The molecule has 2 aliphatic rings. The van der Waals surface area contributed by atoms with Crippen molar-refractivity contribution in [2.45, 2.75) is 18.3 Å². The Bertz CT molecular complexity index is 264. The van der Waals surface area contributed by atoms with Crippen molar-refractivity contribution < 1.29 is 28.5 Å². The highest BCUT2D eigenvalue weighted by Gasteiger charge is 2.39. The highest BCUT2D eigenvalue weighted by molar-refractivity contribution is 5.81. The fourth-order valence-corrected chi connectivity index (χ4v) is 1.66. The van der Waals surface area contributed by atoms with E-state index in [1.807, 2.05) is 0 Å². The molecule has 16 heavy (non-hydrogen) atoms. The predicted molar refractivity (Wildman–Crippen MR) is 51.5 cm³/mol. The van der Waals surface area contributed by atoms with E-state index in [0.29, 0.717) is 6.61 Å². The van der Waals surface area contributed by atoms with Crippen LogP contribution in [-0.2, 0) is 28.5 Å². The summed E-state index contributed by atoms with van der Waals surface area (Å²) >= 11 is 0. The van der Waals surface area contributed by atoms with Crippen molar-refractivity contribution in [1.82, 2.24) is 0 Å². The van der Waals surface area contributed by atoms with Crippen molar-refractivity contribution in [3.63, 3.8) is 0 Å². The van der Waals surface area contributed by atoms with E-state index < -0.39 is 5.97 Å². The van der Waals surface area contributed by atoms with Gasteiger partial charge < -0.3 is 23.7 Å². The Balaban J connectivity index is 1.87. The van der Waals surface area contributed by atoms with E-state index in [-0.39, 0.29) is 38.5 Å². The third-order valence-corrected chi connectivity index (χ3v) is 2.48. The normalized spacial score (nSPS) is 33.9. The maximum absolute atomic E-state index is 10.9. The highest BCUT2D eigenvalue weighted by Crippen LogP contribution is 2.21. The Morgan fingerprint density at radius 3 is 3.06 bits per heavy atom. The highest BCUT2D eigenvalue weighted by atomic mass is 16.8. The summed E-state index contributed by atoms with van der Waals surface area (Å²) < 4.78 is 26.0. The molecule has 0 aromatic heterocycles. The molecule has 0 unspecified atom stereocenters. The third kappa shape index (κ3) is 2.59. The molecule has 3 atom stereocenters. The number of fused-ring (bicyclic) bond motifs is 1. The summed E-state index contributed by atoms with van der Waals surface area (Å²) in [6.07, 6.45) is 0.392. The fraction of sp³-hybridized carbons (Fsp3) is 0.700. The standard InChI is InChI=1S/C10H14O6/c1-2-9(11)13-4-8-10-7(14-6-15-8)3-12-5-16-10/h2,7-8,10H,1,3-6H2/t7-,8-,10+/m1/s1. The van der Waals surface area contributed by atoms with E-state index in [4.69, 9.17) is 23.7 Å². The Morgan fingerprint density at radius 2 is 2.25 bits per heavy atom. The number of rotatable bonds is 3. The summed E-state index contributed by atoms with van der Waals surface area (Å²) in [7, 11) is 0. The third-order valence-electron chi connectivity index (χ3n) is 2.48. The Labute approximate surface area is 93.1 Å². The first kappa shape index (κ1) is 11.5. The molecule has 0 bridgehead atoms. The number of esters is 1. The Kier molecular flexibility index (Phi) is 3.89. The minimum Gasteiger partial charge on any atom is -0.460 e. The van der Waals surface area contributed by atoms with Gasteiger partial charge in [-0.15, -0.1) is 0 Å². The molecule has 2 aliphatic heterocycles. The lowest BCUT2D eigenvalue weighted by Crippen LogP contribution is -2.54. The van der Waals surface area contributed by atoms with Crippen LogP contribution in [-0.4, -0.2) is 51.1 Å². The summed E-state index contributed by atoms with van der Waals surface area (Å²) in [6, 6.07) is 0. The molecule has 6 heteroatoms. The minimum atomic E-state index is -0.473. The second kappa shape index (κ2) is 5.40. The van der Waals surface area contributed by atoms with Crippen molar-refractivity contribution in [2.24, 2.45) is 0 Å². The van der Waals surface area contributed by atoms with E-state index in [9.17, 15) is 4.79 Å². The lowest BCUT2D eigenvalue weighted by atomic mass is 10.1. The van der Waals surface area contributed by atoms with Crippen LogP contribution in [0.25, 0.3) is 0 Å². The molecular formula is C10H14O6. The number of hydrogen-bond acceptors (Lipinski definition) is 6. The Hall–Kier alpha value is -0.950. The molecule has 0 aliphatic carbocycles. The van der Waals surface area contributed by atoms with Gasteiger partial charge >= 0.3 is 5.97 Å². The zero-order valence-electron chi connectivity index (χ0n) is 8.79. The van der Waals surface area contributed by atoms with Crippen molar-refractivity contribution in [3.05, 3.63) is 12.7 Å². The fourth-order valence-electron chi connectivity index (χ4n) is 1.66. The van der Waals surface area contributed by atoms with E-state index >= 15 is 0 Å². The van der Waals surface area contributed by atoms with Crippen LogP contribution in [0.1, 0.15) is 0 Å². The van der Waals surface area contributed by atoms with Crippen molar-refractivity contribution in [1.29, 1.82) is 0 Å². The van der Waals surface area contributed by atoms with Gasteiger partial charge in [0.15, 0.2) is 0 Å². The van der Waals surface area contributed by atoms with Gasteiger partial charge in [0.2, 0.25) is 0 Å². The molecule has 0 amide bonds. The zero-order chi connectivity index (χ0) is 11.4. The lowest BCUT2D eigenvalue weighted by molar-refractivity contribution is -0.305. The molecule has 6 nitrogen and oxygen atoms in total. The predicted octanol–water partition coefficient (Wildman–Crippen LogP) is -0.170. The number of carbonyl (C=O) groups is 1. The van der Waals surface area contributed by atoms with Crippen LogP contribution >= 0.6 is 0 Å². The zero-order valence-corrected chi connectivity index (χ0v) is 8.79. The van der Waals surface area contributed by atoms with Crippen LogP contribution < -0.4 is 0 Å². The monoisotopic (exact) mass is 230 g/mol. The van der Waals surface area contributed by atoms with Gasteiger partial charge in [-0.05, 0) is 0 Å². The Morgan fingerprint density at radius 1 is 1.38 bits per heavy atom. The first-order valence-electron chi connectivity index (χ1n) is 5.03. The summed E-state index contributed by atoms with van der Waals surface area (Å²) in [6.45, 7) is 4.29. The summed E-state index contributed by atoms with van der Waals surface area (Å²) in [5.41, 5.74) is 0. The van der Waals surface area contributed by atoms with E-state index in [2.05, 4.69) is 6.58 Å². The molecular weight excluding hydrogens is 216 g/mol. The minimum absolute atomic E-state index is 0.134. The van der Waals surface area contributed by atoms with Gasteiger partial charge in [-0.25, -0.2) is 4.79 Å². The smallest absolute Gasteiger partial charge is 0.330 e. The van der Waals surface area contributed by atoms with Crippen LogP contribution in [0.3, 0.4) is 0 Å². The van der Waals surface area contributed by atoms with Gasteiger partial charge in [0.25, 0.3) is 0 Å². The maximum atomic E-state index is 10.9. The van der Waals surface area contributed by atoms with Gasteiger partial charge in [-0.2, -0.15) is 0 Å². The average Bonchev–Trinajstić information content (AvgIpc) is 2.35. The molecule has 2 saturated heterocycles. The van der Waals surface area contributed by atoms with Crippen molar-refractivity contribution in [2.75, 3.05) is 26.8 Å². The lowest BCUT2D eigenvalue weighted by Gasteiger charge is -2.39. The molecule has 0 radical (unpaired) electrons. The van der Waals surface area contributed by atoms with Crippen LogP contribution in [0.2, 0.25) is 0 Å². The van der Waals surface area contributed by atoms with Crippen molar-refractivity contribution >= 4 is 5.97 Å². The quantitative estimate of drug-likeness (QED) is 0.495. The SMILES string of the molecule is C=CC(=O)OC[C@H]1OCO[C@@H]2COCO[C@@H]21. The van der Waals surface area contributed by atoms with Gasteiger partial charge in [0.05, 0.1) is 6.61 Å². The summed E-state index contributed by atoms with van der Waals surface area (Å²) in [5.74, 6) is -0.473. The van der Waals surface area contributed by atoms with E-state index in [0.717, 1.165) is 6.08 Å². The van der Waals surface area contributed by atoms with Crippen molar-refractivity contribution in [3.8, 4) is 0 Å². The maximum Gasteiger partial charge on any atom is 0.330 e. The van der Waals surface area contributed by atoms with Crippen LogP contribution in [0, 0.1) is 0 Å². The van der Waals surface area contributed by atoms with Crippen LogP contribution in [0.5, 0.6) is 0 Å². The van der Waals surface area contributed by atoms with Crippen LogP contribution in [0.4, 0.5) is 0 Å². The first-order valence-corrected chi connectivity index (χ1v) is 5.03. The first-order chi connectivity index (χ1) is 7.81. The molecule has 2 heterocycles. The van der Waals surface area contributed by atoms with Gasteiger partial charge in [-0.1, -0.05) is 6.58 Å². The number of ether oxygens (including phenoxy) is 5. The van der Waals surface area contributed by atoms with Crippen LogP contribution in [0.15, 0.2) is 12.7 Å². The molecule has 90 valence electrons.